The van der Waals surface area contributed by atoms with Gasteiger partial charge in [0.2, 0.25) is 5.91 Å². The molecule has 2 rings (SSSR count). The summed E-state index contributed by atoms with van der Waals surface area (Å²) in [6, 6.07) is 3.72. The first-order valence-electron chi connectivity index (χ1n) is 7.60. The maximum Gasteiger partial charge on any atom is 0.416 e. The van der Waals surface area contributed by atoms with Gasteiger partial charge in [-0.05, 0) is 43.4 Å². The van der Waals surface area contributed by atoms with E-state index in [9.17, 15) is 18.0 Å². The summed E-state index contributed by atoms with van der Waals surface area (Å²) in [6.45, 7) is 2.80. The summed E-state index contributed by atoms with van der Waals surface area (Å²) >= 11 is 0. The summed E-state index contributed by atoms with van der Waals surface area (Å²) in [7, 11) is 0. The van der Waals surface area contributed by atoms with Crippen LogP contribution in [0.1, 0.15) is 36.9 Å². The highest BCUT2D eigenvalue weighted by Crippen LogP contribution is 2.30. The molecule has 0 spiro atoms. The molecule has 1 heterocycles. The molecule has 0 saturated carbocycles. The molecule has 1 fully saturated rings. The molecule has 1 saturated heterocycles. The van der Waals surface area contributed by atoms with Gasteiger partial charge in [0.25, 0.3) is 0 Å². The van der Waals surface area contributed by atoms with Crippen molar-refractivity contribution in [3.05, 3.63) is 35.4 Å². The average molecular weight is 330 g/mol. The minimum Gasteiger partial charge on any atom is -0.381 e. The van der Waals surface area contributed by atoms with Gasteiger partial charge >= 0.3 is 6.18 Å². The number of halogens is 3. The number of carbonyl (C=O) groups excluding carboxylic acids is 1. The average Bonchev–Trinajstić information content (AvgIpc) is 2.54. The molecule has 128 valence electrons. The van der Waals surface area contributed by atoms with Gasteiger partial charge in [-0.2, -0.15) is 13.2 Å². The Morgan fingerprint density at radius 2 is 2.00 bits per heavy atom. The molecule has 3 N–H and O–H groups in total. The van der Waals surface area contributed by atoms with E-state index in [4.69, 9.17) is 10.5 Å². The van der Waals surface area contributed by atoms with E-state index in [1.54, 1.807) is 13.0 Å². The first-order chi connectivity index (χ1) is 10.8. The maximum absolute atomic E-state index is 12.7. The monoisotopic (exact) mass is 330 g/mol. The highest BCUT2D eigenvalue weighted by molar-refractivity contribution is 5.82. The number of benzene rings is 1. The van der Waals surface area contributed by atoms with Crippen LogP contribution in [-0.4, -0.2) is 25.2 Å². The van der Waals surface area contributed by atoms with Crippen molar-refractivity contribution >= 4 is 5.91 Å². The van der Waals surface area contributed by atoms with Gasteiger partial charge in [0.05, 0.1) is 17.6 Å². The molecule has 0 radical (unpaired) electrons. The summed E-state index contributed by atoms with van der Waals surface area (Å²) in [5.74, 6) is -0.306. The van der Waals surface area contributed by atoms with E-state index in [0.717, 1.165) is 12.1 Å². The molecule has 1 aliphatic heterocycles. The van der Waals surface area contributed by atoms with Crippen LogP contribution in [0.5, 0.6) is 0 Å². The van der Waals surface area contributed by atoms with E-state index >= 15 is 0 Å². The minimum atomic E-state index is -4.40. The van der Waals surface area contributed by atoms with Crippen LogP contribution < -0.4 is 11.1 Å². The summed E-state index contributed by atoms with van der Waals surface area (Å²) in [6.07, 6.45) is -2.97. The van der Waals surface area contributed by atoms with Crippen LogP contribution in [0.15, 0.2) is 24.3 Å². The molecular weight excluding hydrogens is 309 g/mol. The third kappa shape index (κ3) is 4.68. The zero-order valence-electron chi connectivity index (χ0n) is 12.9. The van der Waals surface area contributed by atoms with Crippen molar-refractivity contribution in [2.45, 2.75) is 38.0 Å². The minimum absolute atomic E-state index is 0.0393. The van der Waals surface area contributed by atoms with E-state index in [0.29, 0.717) is 31.6 Å². The van der Waals surface area contributed by atoms with Crippen LogP contribution in [0.4, 0.5) is 13.2 Å². The van der Waals surface area contributed by atoms with Crippen molar-refractivity contribution in [1.29, 1.82) is 0 Å². The zero-order valence-corrected chi connectivity index (χ0v) is 12.9. The normalized spacial score (nSPS) is 19.2. The lowest BCUT2D eigenvalue weighted by atomic mass is 9.91. The second-order valence-corrected chi connectivity index (χ2v) is 5.83. The van der Waals surface area contributed by atoms with E-state index in [-0.39, 0.29) is 11.8 Å². The van der Waals surface area contributed by atoms with Gasteiger partial charge in [-0.3, -0.25) is 4.79 Å². The van der Waals surface area contributed by atoms with Crippen LogP contribution in [0, 0.1) is 5.92 Å². The lowest BCUT2D eigenvalue weighted by Crippen LogP contribution is -2.47. The lowest BCUT2D eigenvalue weighted by Gasteiger charge is -2.28. The largest absolute Gasteiger partial charge is 0.416 e. The summed E-state index contributed by atoms with van der Waals surface area (Å²) < 4.78 is 43.5. The Labute approximate surface area is 133 Å². The van der Waals surface area contributed by atoms with Crippen LogP contribution in [0.3, 0.4) is 0 Å². The number of alkyl halides is 3. The summed E-state index contributed by atoms with van der Waals surface area (Å²) in [4.78, 5) is 12.2. The van der Waals surface area contributed by atoms with E-state index in [2.05, 4.69) is 5.32 Å². The Morgan fingerprint density at radius 1 is 1.35 bits per heavy atom. The van der Waals surface area contributed by atoms with Crippen LogP contribution in [0.25, 0.3) is 0 Å². The molecular formula is C16H21F3N2O2. The second kappa shape index (κ2) is 7.31. The standard InChI is InChI=1S/C16H21F3N2O2/c1-10(12-3-2-4-13(9-12)16(17,18)19)21-15(22)14(20)11-5-7-23-8-6-11/h2-4,9-11,14H,5-8,20H2,1H3,(H,21,22). The van der Waals surface area contributed by atoms with Crippen molar-refractivity contribution < 1.29 is 22.7 Å². The molecule has 1 aliphatic rings. The topological polar surface area (TPSA) is 64.4 Å². The lowest BCUT2D eigenvalue weighted by molar-refractivity contribution is -0.137. The van der Waals surface area contributed by atoms with Gasteiger partial charge in [0.1, 0.15) is 0 Å². The molecule has 1 aromatic rings. The van der Waals surface area contributed by atoms with Crippen LogP contribution in [-0.2, 0) is 15.7 Å². The molecule has 2 atom stereocenters. The fraction of sp³-hybridized carbons (Fsp3) is 0.562. The first-order valence-corrected chi connectivity index (χ1v) is 7.60. The number of hydrogen-bond acceptors (Lipinski definition) is 3. The molecule has 1 aromatic carbocycles. The van der Waals surface area contributed by atoms with E-state index in [1.165, 1.54) is 6.07 Å². The van der Waals surface area contributed by atoms with Crippen molar-refractivity contribution in [3.8, 4) is 0 Å². The maximum atomic E-state index is 12.7. The molecule has 1 amide bonds. The third-order valence-corrected chi connectivity index (χ3v) is 4.15. The van der Waals surface area contributed by atoms with E-state index in [1.807, 2.05) is 0 Å². The van der Waals surface area contributed by atoms with Crippen molar-refractivity contribution in [3.63, 3.8) is 0 Å². The second-order valence-electron chi connectivity index (χ2n) is 5.83. The van der Waals surface area contributed by atoms with Gasteiger partial charge < -0.3 is 15.8 Å². The fourth-order valence-electron chi connectivity index (χ4n) is 2.67. The molecule has 0 aromatic heterocycles. The number of ether oxygens (including phenoxy) is 1. The quantitative estimate of drug-likeness (QED) is 0.892. The number of carbonyl (C=O) groups is 1. The number of hydrogen-bond donors (Lipinski definition) is 2. The molecule has 23 heavy (non-hydrogen) atoms. The van der Waals surface area contributed by atoms with Crippen molar-refractivity contribution in [1.82, 2.24) is 5.32 Å². The van der Waals surface area contributed by atoms with E-state index < -0.39 is 23.8 Å². The number of nitrogens with one attached hydrogen (secondary N) is 1. The number of rotatable bonds is 4. The summed E-state index contributed by atoms with van der Waals surface area (Å²) in [5, 5.41) is 2.70. The molecule has 7 heteroatoms. The van der Waals surface area contributed by atoms with Crippen LogP contribution >= 0.6 is 0 Å². The van der Waals surface area contributed by atoms with Crippen LogP contribution in [0.2, 0.25) is 0 Å². The third-order valence-electron chi connectivity index (χ3n) is 4.15. The summed E-state index contributed by atoms with van der Waals surface area (Å²) in [5.41, 5.74) is 5.63. The number of nitrogens with two attached hydrogens (primary N) is 1. The Kier molecular flexibility index (Phi) is 5.64. The van der Waals surface area contributed by atoms with Crippen molar-refractivity contribution in [2.24, 2.45) is 11.7 Å². The fourth-order valence-corrected chi connectivity index (χ4v) is 2.67. The SMILES string of the molecule is CC(NC(=O)C(N)C1CCOCC1)c1cccc(C(F)(F)F)c1. The predicted octanol–water partition coefficient (Wildman–Crippen LogP) is 2.64. The van der Waals surface area contributed by atoms with Gasteiger partial charge in [-0.25, -0.2) is 0 Å². The highest BCUT2D eigenvalue weighted by atomic mass is 19.4. The molecule has 0 bridgehead atoms. The Morgan fingerprint density at radius 3 is 2.61 bits per heavy atom. The van der Waals surface area contributed by atoms with Gasteiger partial charge in [0.15, 0.2) is 0 Å². The smallest absolute Gasteiger partial charge is 0.381 e. The van der Waals surface area contributed by atoms with Gasteiger partial charge in [-0.1, -0.05) is 12.1 Å². The first kappa shape index (κ1) is 17.7. The Bertz CT molecular complexity index is 542. The van der Waals surface area contributed by atoms with Crippen molar-refractivity contribution in [2.75, 3.05) is 13.2 Å². The Hall–Kier alpha value is -1.60. The molecule has 4 nitrogen and oxygen atoms in total. The predicted molar refractivity (Wildman–Crippen MR) is 79.5 cm³/mol. The number of amides is 1. The molecule has 0 aliphatic carbocycles. The van der Waals surface area contributed by atoms with Gasteiger partial charge in [-0.15, -0.1) is 0 Å². The zero-order chi connectivity index (χ0) is 17.0. The highest BCUT2D eigenvalue weighted by Gasteiger charge is 2.31. The Balaban J connectivity index is 2.00. The molecule has 2 unspecified atom stereocenters. The van der Waals surface area contributed by atoms with Gasteiger partial charge in [0, 0.05) is 13.2 Å².